The van der Waals surface area contributed by atoms with Gasteiger partial charge in [0.25, 0.3) is 5.91 Å². The second kappa shape index (κ2) is 6.56. The van der Waals surface area contributed by atoms with Crippen LogP contribution in [0.5, 0.6) is 0 Å². The van der Waals surface area contributed by atoms with Gasteiger partial charge in [0.05, 0.1) is 11.1 Å². The SMILES string of the molecule is CC(Br)CC(C)NC(=O)c1cc(C(F)(F)F)ccc1F. The number of hydrogen-bond donors (Lipinski definition) is 1. The minimum atomic E-state index is -4.61. The highest BCUT2D eigenvalue weighted by Gasteiger charge is 2.32. The van der Waals surface area contributed by atoms with Crippen molar-refractivity contribution in [2.75, 3.05) is 0 Å². The molecular formula is C13H14BrF4NO. The van der Waals surface area contributed by atoms with Gasteiger partial charge in [-0.2, -0.15) is 13.2 Å². The summed E-state index contributed by atoms with van der Waals surface area (Å²) in [4.78, 5) is 11.9. The zero-order valence-electron chi connectivity index (χ0n) is 10.9. The van der Waals surface area contributed by atoms with Crippen molar-refractivity contribution >= 4 is 21.8 Å². The summed E-state index contributed by atoms with van der Waals surface area (Å²) < 4.78 is 51.1. The van der Waals surface area contributed by atoms with Crippen LogP contribution in [0.1, 0.15) is 36.2 Å². The molecule has 0 aliphatic rings. The van der Waals surface area contributed by atoms with Crippen molar-refractivity contribution in [2.45, 2.75) is 37.3 Å². The second-order valence-electron chi connectivity index (χ2n) is 4.58. The molecule has 20 heavy (non-hydrogen) atoms. The molecule has 0 heterocycles. The van der Waals surface area contributed by atoms with E-state index in [2.05, 4.69) is 21.2 Å². The van der Waals surface area contributed by atoms with Gasteiger partial charge in [0, 0.05) is 10.9 Å². The third-order valence-corrected chi connectivity index (χ3v) is 2.97. The summed E-state index contributed by atoms with van der Waals surface area (Å²) in [5.74, 6) is -1.83. The number of nitrogens with one attached hydrogen (secondary N) is 1. The number of hydrogen-bond acceptors (Lipinski definition) is 1. The van der Waals surface area contributed by atoms with Crippen LogP contribution in [-0.2, 0) is 6.18 Å². The van der Waals surface area contributed by atoms with Crippen LogP contribution in [-0.4, -0.2) is 16.8 Å². The first-order chi connectivity index (χ1) is 9.11. The van der Waals surface area contributed by atoms with Crippen LogP contribution in [0.15, 0.2) is 18.2 Å². The van der Waals surface area contributed by atoms with Crippen LogP contribution in [0.2, 0.25) is 0 Å². The Morgan fingerprint density at radius 1 is 1.35 bits per heavy atom. The second-order valence-corrected chi connectivity index (χ2v) is 6.15. The lowest BCUT2D eigenvalue weighted by atomic mass is 10.1. The Labute approximate surface area is 122 Å². The van der Waals surface area contributed by atoms with E-state index in [1.807, 2.05) is 6.92 Å². The molecule has 0 aliphatic heterocycles. The van der Waals surface area contributed by atoms with Crippen molar-refractivity contribution in [3.8, 4) is 0 Å². The zero-order chi connectivity index (χ0) is 15.5. The number of benzene rings is 1. The van der Waals surface area contributed by atoms with Gasteiger partial charge in [-0.25, -0.2) is 4.39 Å². The molecule has 0 bridgehead atoms. The first-order valence-corrected chi connectivity index (χ1v) is 6.84. The summed E-state index contributed by atoms with van der Waals surface area (Å²) in [5, 5.41) is 2.47. The normalized spacial score (nSPS) is 14.8. The third kappa shape index (κ3) is 4.77. The van der Waals surface area contributed by atoms with Gasteiger partial charge in [-0.05, 0) is 31.5 Å². The smallest absolute Gasteiger partial charge is 0.349 e. The molecule has 7 heteroatoms. The molecule has 0 aliphatic carbocycles. The van der Waals surface area contributed by atoms with Crippen molar-refractivity contribution in [2.24, 2.45) is 0 Å². The van der Waals surface area contributed by atoms with Crippen LogP contribution in [0.4, 0.5) is 17.6 Å². The van der Waals surface area contributed by atoms with Gasteiger partial charge in [0.2, 0.25) is 0 Å². The number of halogens is 5. The van der Waals surface area contributed by atoms with E-state index in [0.29, 0.717) is 24.6 Å². The molecule has 0 saturated heterocycles. The summed E-state index contributed by atoms with van der Waals surface area (Å²) in [6.45, 7) is 3.56. The van der Waals surface area contributed by atoms with Crippen LogP contribution in [0, 0.1) is 5.82 Å². The van der Waals surface area contributed by atoms with Gasteiger partial charge in [0.15, 0.2) is 0 Å². The average molecular weight is 356 g/mol. The maximum absolute atomic E-state index is 13.5. The maximum Gasteiger partial charge on any atom is 0.416 e. The molecule has 1 N–H and O–H groups in total. The van der Waals surface area contributed by atoms with Gasteiger partial charge in [-0.1, -0.05) is 22.9 Å². The van der Waals surface area contributed by atoms with E-state index in [1.165, 1.54) is 0 Å². The molecule has 1 aromatic carbocycles. The standard InChI is InChI=1S/C13H14BrF4NO/c1-7(14)5-8(2)19-12(20)10-6-9(13(16,17)18)3-4-11(10)15/h3-4,6-8H,5H2,1-2H3,(H,19,20). The molecule has 0 saturated carbocycles. The molecule has 2 nitrogen and oxygen atoms in total. The monoisotopic (exact) mass is 355 g/mol. The predicted molar refractivity (Wildman–Crippen MR) is 71.3 cm³/mol. The minimum Gasteiger partial charge on any atom is -0.349 e. The molecule has 0 fully saturated rings. The highest BCUT2D eigenvalue weighted by atomic mass is 79.9. The Bertz CT molecular complexity index is 488. The number of amides is 1. The van der Waals surface area contributed by atoms with Crippen LogP contribution in [0.25, 0.3) is 0 Å². The van der Waals surface area contributed by atoms with E-state index >= 15 is 0 Å². The summed E-state index contributed by atoms with van der Waals surface area (Å²) >= 11 is 3.30. The Hall–Kier alpha value is -1.11. The first-order valence-electron chi connectivity index (χ1n) is 5.93. The molecule has 1 aromatic rings. The van der Waals surface area contributed by atoms with E-state index in [1.54, 1.807) is 6.92 Å². The summed E-state index contributed by atoms with van der Waals surface area (Å²) in [6, 6.07) is 1.49. The van der Waals surface area contributed by atoms with Crippen molar-refractivity contribution < 1.29 is 22.4 Å². The molecule has 0 spiro atoms. The van der Waals surface area contributed by atoms with E-state index in [0.717, 1.165) is 0 Å². The lowest BCUT2D eigenvalue weighted by Gasteiger charge is -2.16. The number of carbonyl (C=O) groups is 1. The number of carbonyl (C=O) groups excluding carboxylic acids is 1. The molecule has 112 valence electrons. The van der Waals surface area contributed by atoms with Crippen molar-refractivity contribution in [3.05, 3.63) is 35.1 Å². The van der Waals surface area contributed by atoms with Crippen molar-refractivity contribution in [1.82, 2.24) is 5.32 Å². The number of rotatable bonds is 4. The van der Waals surface area contributed by atoms with Gasteiger partial charge in [0.1, 0.15) is 5.82 Å². The molecule has 1 rings (SSSR count). The Kier molecular flexibility index (Phi) is 5.56. The highest BCUT2D eigenvalue weighted by molar-refractivity contribution is 9.09. The largest absolute Gasteiger partial charge is 0.416 e. The van der Waals surface area contributed by atoms with Crippen LogP contribution >= 0.6 is 15.9 Å². The molecule has 1 amide bonds. The van der Waals surface area contributed by atoms with Crippen molar-refractivity contribution in [3.63, 3.8) is 0 Å². The fourth-order valence-corrected chi connectivity index (χ4v) is 2.28. The maximum atomic E-state index is 13.5. The first kappa shape index (κ1) is 16.9. The Morgan fingerprint density at radius 2 is 1.95 bits per heavy atom. The molecular weight excluding hydrogens is 342 g/mol. The van der Waals surface area contributed by atoms with Gasteiger partial charge >= 0.3 is 6.18 Å². The average Bonchev–Trinajstić information content (AvgIpc) is 2.26. The fourth-order valence-electron chi connectivity index (χ4n) is 1.72. The van der Waals surface area contributed by atoms with Crippen LogP contribution < -0.4 is 5.32 Å². The molecule has 2 unspecified atom stereocenters. The Morgan fingerprint density at radius 3 is 2.45 bits per heavy atom. The topological polar surface area (TPSA) is 29.1 Å². The summed E-state index contributed by atoms with van der Waals surface area (Å²) in [7, 11) is 0. The Balaban J connectivity index is 2.92. The van der Waals surface area contributed by atoms with Crippen LogP contribution in [0.3, 0.4) is 0 Å². The van der Waals surface area contributed by atoms with E-state index < -0.39 is 29.0 Å². The quantitative estimate of drug-likeness (QED) is 0.638. The molecule has 0 radical (unpaired) electrons. The predicted octanol–water partition coefficient (Wildman–Crippen LogP) is 4.14. The highest BCUT2D eigenvalue weighted by Crippen LogP contribution is 2.30. The van der Waals surface area contributed by atoms with Gasteiger partial charge < -0.3 is 5.32 Å². The van der Waals surface area contributed by atoms with Gasteiger partial charge in [-0.15, -0.1) is 0 Å². The zero-order valence-corrected chi connectivity index (χ0v) is 12.5. The van der Waals surface area contributed by atoms with E-state index in [-0.39, 0.29) is 10.9 Å². The lowest BCUT2D eigenvalue weighted by Crippen LogP contribution is -2.34. The number of alkyl halides is 4. The van der Waals surface area contributed by atoms with E-state index in [9.17, 15) is 22.4 Å². The van der Waals surface area contributed by atoms with E-state index in [4.69, 9.17) is 0 Å². The van der Waals surface area contributed by atoms with Gasteiger partial charge in [-0.3, -0.25) is 4.79 Å². The minimum absolute atomic E-state index is 0.129. The summed E-state index contributed by atoms with van der Waals surface area (Å²) in [6.07, 6.45) is -4.04. The third-order valence-electron chi connectivity index (χ3n) is 2.59. The fraction of sp³-hybridized carbons (Fsp3) is 0.462. The molecule has 2 atom stereocenters. The summed E-state index contributed by atoms with van der Waals surface area (Å²) in [5.41, 5.74) is -1.65. The molecule has 0 aromatic heterocycles. The van der Waals surface area contributed by atoms with Crippen molar-refractivity contribution in [1.29, 1.82) is 0 Å². The lowest BCUT2D eigenvalue weighted by molar-refractivity contribution is -0.137.